The van der Waals surface area contributed by atoms with E-state index in [0.717, 1.165) is 11.1 Å². The molecule has 7 heteroatoms. The Morgan fingerprint density at radius 1 is 1.04 bits per heavy atom. The largest absolute Gasteiger partial charge is 0.323 e. The van der Waals surface area contributed by atoms with Crippen LogP contribution in [-0.2, 0) is 12.5 Å². The van der Waals surface area contributed by atoms with Crippen molar-refractivity contribution in [3.8, 4) is 11.1 Å². The van der Waals surface area contributed by atoms with Crippen LogP contribution >= 0.6 is 0 Å². The van der Waals surface area contributed by atoms with Gasteiger partial charge in [0.2, 0.25) is 5.69 Å². The zero-order chi connectivity index (χ0) is 20.5. The zero-order valence-electron chi connectivity index (χ0n) is 16.3. The summed E-state index contributed by atoms with van der Waals surface area (Å²) in [7, 11) is 1.54. The molecule has 0 aliphatic heterocycles. The number of carbonyl (C=O) groups excluding carboxylic acids is 1. The number of aryl methyl sites for hydroxylation is 1. The van der Waals surface area contributed by atoms with Crippen molar-refractivity contribution in [2.45, 2.75) is 26.2 Å². The molecule has 0 atom stereocenters. The summed E-state index contributed by atoms with van der Waals surface area (Å²) in [6, 6.07) is 17.2. The average molecular weight is 378 g/mol. The van der Waals surface area contributed by atoms with Gasteiger partial charge in [-0.3, -0.25) is 19.6 Å². The zero-order valence-corrected chi connectivity index (χ0v) is 16.3. The minimum atomic E-state index is -0.565. The van der Waals surface area contributed by atoms with E-state index in [0.29, 0.717) is 5.69 Å². The summed E-state index contributed by atoms with van der Waals surface area (Å²) in [5.74, 6) is -0.565. The molecule has 7 nitrogen and oxygen atoms in total. The van der Waals surface area contributed by atoms with E-state index in [-0.39, 0.29) is 17.1 Å². The third-order valence-electron chi connectivity index (χ3n) is 4.38. The van der Waals surface area contributed by atoms with Crippen LogP contribution in [0.5, 0.6) is 0 Å². The molecule has 0 aliphatic rings. The molecule has 28 heavy (non-hydrogen) atoms. The van der Waals surface area contributed by atoms with E-state index in [4.69, 9.17) is 0 Å². The lowest BCUT2D eigenvalue weighted by atomic mass is 9.91. The summed E-state index contributed by atoms with van der Waals surface area (Å²) >= 11 is 0. The van der Waals surface area contributed by atoms with E-state index in [1.165, 1.54) is 11.7 Å². The lowest BCUT2D eigenvalue weighted by molar-refractivity contribution is -0.386. The molecule has 3 rings (SSSR count). The SMILES string of the molecule is Cn1nc(C(C)(C)C)c([N+](=O)[O-])c1C(=O)Nc1ccc(-c2ccccc2)cc1. The summed E-state index contributed by atoms with van der Waals surface area (Å²) in [6.45, 7) is 5.48. The molecule has 2 aromatic carbocycles. The second-order valence-corrected chi connectivity index (χ2v) is 7.57. The first-order valence-electron chi connectivity index (χ1n) is 8.87. The van der Waals surface area contributed by atoms with Crippen molar-refractivity contribution in [2.75, 3.05) is 5.32 Å². The number of nitro groups is 1. The highest BCUT2D eigenvalue weighted by molar-refractivity contribution is 6.06. The van der Waals surface area contributed by atoms with Gasteiger partial charge in [-0.1, -0.05) is 63.2 Å². The molecule has 0 saturated carbocycles. The van der Waals surface area contributed by atoms with Crippen molar-refractivity contribution in [2.24, 2.45) is 7.05 Å². The van der Waals surface area contributed by atoms with Gasteiger partial charge in [0.1, 0.15) is 5.69 Å². The Bertz CT molecular complexity index is 1020. The van der Waals surface area contributed by atoms with Crippen molar-refractivity contribution in [1.82, 2.24) is 9.78 Å². The molecule has 0 radical (unpaired) electrons. The van der Waals surface area contributed by atoms with Crippen molar-refractivity contribution >= 4 is 17.3 Å². The predicted molar refractivity (Wildman–Crippen MR) is 108 cm³/mol. The van der Waals surface area contributed by atoms with Crippen molar-refractivity contribution < 1.29 is 9.72 Å². The van der Waals surface area contributed by atoms with Crippen LogP contribution in [-0.4, -0.2) is 20.6 Å². The lowest BCUT2D eigenvalue weighted by Crippen LogP contribution is -2.18. The first kappa shape index (κ1) is 19.3. The maximum atomic E-state index is 12.8. The van der Waals surface area contributed by atoms with Gasteiger partial charge in [-0.25, -0.2) is 0 Å². The van der Waals surface area contributed by atoms with Crippen LogP contribution in [0.3, 0.4) is 0 Å². The maximum Gasteiger partial charge on any atom is 0.323 e. The molecular formula is C21H22N4O3. The van der Waals surface area contributed by atoms with Crippen LogP contribution in [0.25, 0.3) is 11.1 Å². The van der Waals surface area contributed by atoms with Gasteiger partial charge in [0.15, 0.2) is 0 Å². The highest BCUT2D eigenvalue weighted by atomic mass is 16.6. The summed E-state index contributed by atoms with van der Waals surface area (Å²) in [5, 5.41) is 18.6. The number of aromatic nitrogens is 2. The number of nitrogens with one attached hydrogen (secondary N) is 1. The number of benzene rings is 2. The van der Waals surface area contributed by atoms with Crippen LogP contribution in [0.4, 0.5) is 11.4 Å². The Balaban J connectivity index is 1.90. The van der Waals surface area contributed by atoms with E-state index >= 15 is 0 Å². The molecule has 1 heterocycles. The molecule has 1 aromatic heterocycles. The van der Waals surface area contributed by atoms with Crippen molar-refractivity contribution in [3.05, 3.63) is 76.1 Å². The fourth-order valence-electron chi connectivity index (χ4n) is 3.01. The third-order valence-corrected chi connectivity index (χ3v) is 4.38. The molecule has 0 saturated heterocycles. The molecule has 0 aliphatic carbocycles. The Hall–Kier alpha value is -3.48. The highest BCUT2D eigenvalue weighted by Gasteiger charge is 2.36. The number of nitrogens with zero attached hydrogens (tertiary/aromatic N) is 3. The maximum absolute atomic E-state index is 12.8. The van der Waals surface area contributed by atoms with E-state index in [9.17, 15) is 14.9 Å². The van der Waals surface area contributed by atoms with Crippen molar-refractivity contribution in [1.29, 1.82) is 0 Å². The first-order valence-corrected chi connectivity index (χ1v) is 8.87. The van der Waals surface area contributed by atoms with Gasteiger partial charge in [0.25, 0.3) is 5.91 Å². The standard InChI is InChI=1S/C21H22N4O3/c1-21(2,3)19-17(25(27)28)18(24(4)23-19)20(26)22-16-12-10-15(11-13-16)14-8-6-5-7-9-14/h5-13H,1-4H3,(H,22,26). The normalized spacial score (nSPS) is 11.3. The van der Waals surface area contributed by atoms with E-state index in [2.05, 4.69) is 10.4 Å². The van der Waals surface area contributed by atoms with E-state index in [1.807, 2.05) is 63.2 Å². The summed E-state index contributed by atoms with van der Waals surface area (Å²) in [4.78, 5) is 23.9. The predicted octanol–water partition coefficient (Wildman–Crippen LogP) is 4.55. The fourth-order valence-corrected chi connectivity index (χ4v) is 3.01. The number of anilines is 1. The molecular weight excluding hydrogens is 356 g/mol. The first-order chi connectivity index (χ1) is 13.2. The lowest BCUT2D eigenvalue weighted by Gasteiger charge is -2.13. The van der Waals surface area contributed by atoms with Gasteiger partial charge in [0, 0.05) is 18.2 Å². The van der Waals surface area contributed by atoms with Crippen LogP contribution in [0.1, 0.15) is 37.0 Å². The summed E-state index contributed by atoms with van der Waals surface area (Å²) in [6.07, 6.45) is 0. The Morgan fingerprint density at radius 3 is 2.14 bits per heavy atom. The molecule has 1 N–H and O–H groups in total. The second kappa shape index (κ2) is 7.26. The van der Waals surface area contributed by atoms with Gasteiger partial charge in [-0.2, -0.15) is 5.10 Å². The van der Waals surface area contributed by atoms with Crippen LogP contribution < -0.4 is 5.32 Å². The summed E-state index contributed by atoms with van der Waals surface area (Å²) < 4.78 is 1.27. The van der Waals surface area contributed by atoms with E-state index in [1.54, 1.807) is 12.1 Å². The van der Waals surface area contributed by atoms with E-state index < -0.39 is 16.2 Å². The monoisotopic (exact) mass is 378 g/mol. The van der Waals surface area contributed by atoms with Gasteiger partial charge >= 0.3 is 5.69 Å². The Labute approximate surface area is 163 Å². The minimum absolute atomic E-state index is 0.0675. The third kappa shape index (κ3) is 3.78. The number of rotatable bonds is 4. The summed E-state index contributed by atoms with van der Waals surface area (Å²) in [5.41, 5.74) is 2.03. The van der Waals surface area contributed by atoms with Gasteiger partial charge < -0.3 is 5.32 Å². The van der Waals surface area contributed by atoms with Gasteiger partial charge in [0.05, 0.1) is 4.92 Å². The topological polar surface area (TPSA) is 90.1 Å². The van der Waals surface area contributed by atoms with Gasteiger partial charge in [-0.05, 0) is 23.3 Å². The molecule has 144 valence electrons. The molecule has 0 unspecified atom stereocenters. The smallest absolute Gasteiger partial charge is 0.320 e. The molecule has 3 aromatic rings. The van der Waals surface area contributed by atoms with Crippen LogP contribution in [0.2, 0.25) is 0 Å². The average Bonchev–Trinajstić information content (AvgIpc) is 3.01. The number of hydrogen-bond acceptors (Lipinski definition) is 4. The van der Waals surface area contributed by atoms with Gasteiger partial charge in [-0.15, -0.1) is 0 Å². The number of hydrogen-bond donors (Lipinski definition) is 1. The molecule has 0 bridgehead atoms. The number of amides is 1. The molecule has 0 fully saturated rings. The van der Waals surface area contributed by atoms with Crippen LogP contribution in [0, 0.1) is 10.1 Å². The highest BCUT2D eigenvalue weighted by Crippen LogP contribution is 2.33. The Kier molecular flexibility index (Phi) is 5.00. The van der Waals surface area contributed by atoms with Crippen molar-refractivity contribution in [3.63, 3.8) is 0 Å². The number of carbonyl (C=O) groups is 1. The Morgan fingerprint density at radius 2 is 1.61 bits per heavy atom. The molecule has 0 spiro atoms. The quantitative estimate of drug-likeness (QED) is 0.533. The minimum Gasteiger partial charge on any atom is -0.320 e. The molecule has 1 amide bonds. The van der Waals surface area contributed by atoms with Crippen LogP contribution in [0.15, 0.2) is 54.6 Å². The second-order valence-electron chi connectivity index (χ2n) is 7.57. The fraction of sp³-hybridized carbons (Fsp3) is 0.238.